The molecule has 2 aliphatic rings. The Morgan fingerprint density at radius 2 is 1.54 bits per heavy atom. The molecule has 0 spiro atoms. The van der Waals surface area contributed by atoms with Crippen LogP contribution in [0.1, 0.15) is 37.7 Å². The quantitative estimate of drug-likeness (QED) is 0.753. The van der Waals surface area contributed by atoms with Gasteiger partial charge < -0.3 is 10.4 Å². The fourth-order valence-corrected chi connectivity index (χ4v) is 3.68. The fraction of sp³-hybridized carbons (Fsp3) is 0.409. The van der Waals surface area contributed by atoms with Gasteiger partial charge in [0.25, 0.3) is 0 Å². The third kappa shape index (κ3) is 4.93. The van der Waals surface area contributed by atoms with Crippen LogP contribution in [-0.2, 0) is 6.18 Å². The minimum Gasteiger partial charge on any atom is -0.382 e. The van der Waals surface area contributed by atoms with Crippen molar-refractivity contribution >= 4 is 5.84 Å². The molecule has 2 aromatic carbocycles. The lowest BCUT2D eigenvalue weighted by Gasteiger charge is -2.31. The van der Waals surface area contributed by atoms with E-state index in [2.05, 4.69) is 10.3 Å². The number of nitrogens with one attached hydrogen (secondary N) is 1. The Labute approximate surface area is 163 Å². The van der Waals surface area contributed by atoms with Gasteiger partial charge in [-0.15, -0.1) is 0 Å². The molecule has 1 saturated carbocycles. The van der Waals surface area contributed by atoms with Crippen molar-refractivity contribution in [3.05, 3.63) is 60.2 Å². The molecular weight excluding hydrogens is 365 g/mol. The number of aliphatic imine (C=N–C) groups is 1. The fourth-order valence-electron chi connectivity index (χ4n) is 3.68. The minimum absolute atomic E-state index is 0.218. The molecule has 0 amide bonds. The number of alkyl halides is 3. The predicted octanol–water partition coefficient (Wildman–Crippen LogP) is 5.06. The number of rotatable bonds is 2. The maximum Gasteiger partial charge on any atom is 0.417 e. The van der Waals surface area contributed by atoms with E-state index in [-0.39, 0.29) is 5.56 Å². The van der Waals surface area contributed by atoms with Crippen LogP contribution in [-0.4, -0.2) is 29.6 Å². The number of halogens is 3. The first-order valence-corrected chi connectivity index (χ1v) is 9.63. The molecule has 4 rings (SSSR count). The Balaban J connectivity index is 0.000000167. The summed E-state index contributed by atoms with van der Waals surface area (Å²) in [5.41, 5.74) is -0.401. The first kappa shape index (κ1) is 20.4. The van der Waals surface area contributed by atoms with Crippen molar-refractivity contribution in [2.75, 3.05) is 13.1 Å². The summed E-state index contributed by atoms with van der Waals surface area (Å²) in [6, 6.07) is 14.2. The van der Waals surface area contributed by atoms with Crippen LogP contribution in [0, 0.1) is 0 Å². The van der Waals surface area contributed by atoms with E-state index in [9.17, 15) is 18.3 Å². The number of nitrogens with zero attached hydrogens (tertiary/aromatic N) is 1. The van der Waals surface area contributed by atoms with E-state index in [1.807, 2.05) is 0 Å². The second-order valence-corrected chi connectivity index (χ2v) is 7.16. The van der Waals surface area contributed by atoms with Gasteiger partial charge in [-0.3, -0.25) is 4.99 Å². The number of amidine groups is 1. The molecule has 0 bridgehead atoms. The summed E-state index contributed by atoms with van der Waals surface area (Å²) in [6.07, 6.45) is 0.994. The van der Waals surface area contributed by atoms with Crippen molar-refractivity contribution in [3.8, 4) is 11.1 Å². The molecule has 0 unspecified atom stereocenters. The maximum atomic E-state index is 12.7. The monoisotopic (exact) mass is 390 g/mol. The van der Waals surface area contributed by atoms with E-state index in [4.69, 9.17) is 0 Å². The number of hydrogen-bond donors (Lipinski definition) is 2. The van der Waals surface area contributed by atoms with E-state index in [1.54, 1.807) is 36.4 Å². The molecular formula is C22H25F3N2O. The van der Waals surface area contributed by atoms with E-state index in [0.29, 0.717) is 5.56 Å². The van der Waals surface area contributed by atoms with Crippen molar-refractivity contribution in [1.82, 2.24) is 5.32 Å². The second-order valence-electron chi connectivity index (χ2n) is 7.16. The Morgan fingerprint density at radius 1 is 0.893 bits per heavy atom. The van der Waals surface area contributed by atoms with Gasteiger partial charge in [-0.1, -0.05) is 67.8 Å². The summed E-state index contributed by atoms with van der Waals surface area (Å²) in [5.74, 6) is 0.849. The summed E-state index contributed by atoms with van der Waals surface area (Å²) in [7, 11) is 0. The molecule has 1 aliphatic heterocycles. The lowest BCUT2D eigenvalue weighted by atomic mass is 9.84. The highest BCUT2D eigenvalue weighted by Crippen LogP contribution is 2.36. The highest BCUT2D eigenvalue weighted by atomic mass is 19.4. The van der Waals surface area contributed by atoms with Crippen LogP contribution < -0.4 is 5.32 Å². The molecule has 150 valence electrons. The first-order chi connectivity index (χ1) is 13.4. The predicted molar refractivity (Wildman–Crippen MR) is 105 cm³/mol. The van der Waals surface area contributed by atoms with Gasteiger partial charge in [0.15, 0.2) is 0 Å². The third-order valence-corrected chi connectivity index (χ3v) is 5.11. The number of benzene rings is 2. The normalized spacial score (nSPS) is 18.5. The van der Waals surface area contributed by atoms with Gasteiger partial charge in [-0.05, 0) is 30.0 Å². The van der Waals surface area contributed by atoms with Gasteiger partial charge in [0.1, 0.15) is 11.4 Å². The van der Waals surface area contributed by atoms with Gasteiger partial charge in [0.2, 0.25) is 0 Å². The molecule has 2 N–H and O–H groups in total. The van der Waals surface area contributed by atoms with Gasteiger partial charge in [-0.2, -0.15) is 13.2 Å². The van der Waals surface area contributed by atoms with Crippen LogP contribution in [0.4, 0.5) is 13.2 Å². The van der Waals surface area contributed by atoms with Crippen LogP contribution in [0.15, 0.2) is 59.6 Å². The zero-order valence-electron chi connectivity index (χ0n) is 15.7. The highest BCUT2D eigenvalue weighted by Gasteiger charge is 2.36. The average molecular weight is 390 g/mol. The first-order valence-electron chi connectivity index (χ1n) is 9.63. The molecule has 2 aromatic rings. The molecule has 28 heavy (non-hydrogen) atoms. The van der Waals surface area contributed by atoms with E-state index >= 15 is 0 Å². The topological polar surface area (TPSA) is 44.6 Å². The average Bonchev–Trinajstić information content (AvgIpc) is 3.25. The molecule has 0 atom stereocenters. The second kappa shape index (κ2) is 8.78. The van der Waals surface area contributed by atoms with Crippen molar-refractivity contribution < 1.29 is 18.3 Å². The zero-order chi connectivity index (χ0) is 20.0. The Hall–Kier alpha value is -2.34. The highest BCUT2D eigenvalue weighted by molar-refractivity contribution is 5.91. The summed E-state index contributed by atoms with van der Waals surface area (Å²) >= 11 is 0. The Morgan fingerprint density at radius 3 is 2.14 bits per heavy atom. The minimum atomic E-state index is -4.31. The Bertz CT molecular complexity index is 797. The van der Waals surface area contributed by atoms with E-state index in [0.717, 1.165) is 50.7 Å². The molecule has 3 nitrogen and oxygen atoms in total. The molecule has 0 radical (unpaired) electrons. The smallest absolute Gasteiger partial charge is 0.382 e. The van der Waals surface area contributed by atoms with Crippen LogP contribution in [0.25, 0.3) is 11.1 Å². The lowest BCUT2D eigenvalue weighted by molar-refractivity contribution is -0.137. The molecule has 6 heteroatoms. The zero-order valence-corrected chi connectivity index (χ0v) is 15.7. The standard InChI is InChI=1S/C13H9F3.C9H16N2O/c14-13(15,16)12-9-5-4-8-11(12)10-6-2-1-3-7-10;12-9(4-2-1-3-5-9)8-10-6-7-11-8/h1-9H;12H,1-7H2,(H,10,11). The van der Waals surface area contributed by atoms with Crippen molar-refractivity contribution in [2.24, 2.45) is 4.99 Å². The van der Waals surface area contributed by atoms with Crippen LogP contribution in [0.3, 0.4) is 0 Å². The summed E-state index contributed by atoms with van der Waals surface area (Å²) in [4.78, 5) is 4.29. The van der Waals surface area contributed by atoms with E-state index in [1.165, 1.54) is 18.6 Å². The summed E-state index contributed by atoms with van der Waals surface area (Å²) < 4.78 is 38.2. The molecule has 0 aromatic heterocycles. The molecule has 1 aliphatic carbocycles. The molecule has 1 fully saturated rings. The van der Waals surface area contributed by atoms with Crippen LogP contribution >= 0.6 is 0 Å². The van der Waals surface area contributed by atoms with Crippen molar-refractivity contribution in [1.29, 1.82) is 0 Å². The van der Waals surface area contributed by atoms with Crippen molar-refractivity contribution in [2.45, 2.75) is 43.9 Å². The van der Waals surface area contributed by atoms with Crippen molar-refractivity contribution in [3.63, 3.8) is 0 Å². The van der Waals surface area contributed by atoms with Crippen LogP contribution in [0.2, 0.25) is 0 Å². The molecule has 0 saturated heterocycles. The van der Waals surface area contributed by atoms with Gasteiger partial charge >= 0.3 is 6.18 Å². The maximum absolute atomic E-state index is 12.7. The number of hydrogen-bond acceptors (Lipinski definition) is 3. The summed E-state index contributed by atoms with van der Waals surface area (Å²) in [5, 5.41) is 13.3. The third-order valence-electron chi connectivity index (χ3n) is 5.11. The summed E-state index contributed by atoms with van der Waals surface area (Å²) in [6.45, 7) is 1.73. The Kier molecular flexibility index (Phi) is 6.39. The van der Waals surface area contributed by atoms with Crippen LogP contribution in [0.5, 0.6) is 0 Å². The number of aliphatic hydroxyl groups is 1. The molecule has 1 heterocycles. The van der Waals surface area contributed by atoms with Gasteiger partial charge in [-0.25, -0.2) is 0 Å². The lowest BCUT2D eigenvalue weighted by Crippen LogP contribution is -2.46. The van der Waals surface area contributed by atoms with Gasteiger partial charge in [0, 0.05) is 6.54 Å². The SMILES string of the molecule is FC(F)(F)c1ccccc1-c1ccccc1.OC1(C2=NCCN2)CCCCC1. The van der Waals surface area contributed by atoms with E-state index < -0.39 is 17.3 Å². The largest absolute Gasteiger partial charge is 0.417 e. The van der Waals surface area contributed by atoms with Gasteiger partial charge in [0.05, 0.1) is 12.1 Å².